The number of amides is 1. The van der Waals surface area contributed by atoms with Crippen molar-refractivity contribution >= 4 is 5.91 Å². The van der Waals surface area contributed by atoms with E-state index in [0.717, 1.165) is 5.69 Å². The summed E-state index contributed by atoms with van der Waals surface area (Å²) in [6.07, 6.45) is 1.97. The standard InChI is InChI=1S/C10H16N2O/c1-8(2)10(13)11-7-9-5-4-6-12(9)3/h4-6,8H,7H2,1-3H3,(H,11,13). The summed E-state index contributed by atoms with van der Waals surface area (Å²) >= 11 is 0. The van der Waals surface area contributed by atoms with Crippen molar-refractivity contribution in [3.05, 3.63) is 24.0 Å². The molecule has 0 aliphatic carbocycles. The normalized spacial score (nSPS) is 10.5. The van der Waals surface area contributed by atoms with Crippen LogP contribution in [0.2, 0.25) is 0 Å². The van der Waals surface area contributed by atoms with Gasteiger partial charge in [-0.2, -0.15) is 0 Å². The number of carbonyl (C=O) groups excluding carboxylic acids is 1. The van der Waals surface area contributed by atoms with Crippen LogP contribution < -0.4 is 5.32 Å². The average Bonchev–Trinajstić information content (AvgIpc) is 2.47. The highest BCUT2D eigenvalue weighted by molar-refractivity contribution is 5.77. The van der Waals surface area contributed by atoms with Gasteiger partial charge in [0.25, 0.3) is 0 Å². The molecule has 0 spiro atoms. The van der Waals surface area contributed by atoms with Gasteiger partial charge in [0.1, 0.15) is 0 Å². The van der Waals surface area contributed by atoms with Crippen molar-refractivity contribution in [1.29, 1.82) is 0 Å². The van der Waals surface area contributed by atoms with Crippen molar-refractivity contribution in [3.8, 4) is 0 Å². The third-order valence-electron chi connectivity index (χ3n) is 2.02. The molecule has 3 nitrogen and oxygen atoms in total. The Morgan fingerprint density at radius 1 is 1.62 bits per heavy atom. The number of hydrogen-bond acceptors (Lipinski definition) is 1. The first-order chi connectivity index (χ1) is 6.11. The maximum absolute atomic E-state index is 11.2. The molecule has 0 radical (unpaired) electrons. The number of rotatable bonds is 3. The summed E-state index contributed by atoms with van der Waals surface area (Å²) in [7, 11) is 1.97. The van der Waals surface area contributed by atoms with E-state index >= 15 is 0 Å². The number of aryl methyl sites for hydroxylation is 1. The Bertz CT molecular complexity index is 289. The molecule has 1 amide bonds. The van der Waals surface area contributed by atoms with Crippen molar-refractivity contribution in [3.63, 3.8) is 0 Å². The van der Waals surface area contributed by atoms with E-state index in [0.29, 0.717) is 6.54 Å². The lowest BCUT2D eigenvalue weighted by Crippen LogP contribution is -2.27. The van der Waals surface area contributed by atoms with E-state index in [9.17, 15) is 4.79 Å². The van der Waals surface area contributed by atoms with E-state index in [1.807, 2.05) is 43.8 Å². The molecule has 3 heteroatoms. The molecule has 13 heavy (non-hydrogen) atoms. The van der Waals surface area contributed by atoms with Gasteiger partial charge in [0, 0.05) is 24.9 Å². The van der Waals surface area contributed by atoms with Crippen LogP contribution in [0.1, 0.15) is 19.5 Å². The zero-order valence-corrected chi connectivity index (χ0v) is 8.37. The fourth-order valence-corrected chi connectivity index (χ4v) is 1.06. The van der Waals surface area contributed by atoms with Crippen LogP contribution >= 0.6 is 0 Å². The lowest BCUT2D eigenvalue weighted by atomic mass is 10.2. The van der Waals surface area contributed by atoms with E-state index < -0.39 is 0 Å². The minimum absolute atomic E-state index is 0.0558. The minimum atomic E-state index is 0.0558. The lowest BCUT2D eigenvalue weighted by molar-refractivity contribution is -0.124. The molecule has 1 heterocycles. The Hall–Kier alpha value is -1.25. The van der Waals surface area contributed by atoms with E-state index in [2.05, 4.69) is 5.32 Å². The Kier molecular flexibility index (Phi) is 3.12. The molecule has 0 bridgehead atoms. The number of hydrogen-bond donors (Lipinski definition) is 1. The second-order valence-corrected chi connectivity index (χ2v) is 3.48. The molecule has 0 fully saturated rings. The van der Waals surface area contributed by atoms with Crippen LogP contribution in [0, 0.1) is 5.92 Å². The molecule has 1 aromatic heterocycles. The molecule has 72 valence electrons. The molecule has 0 saturated heterocycles. The fraction of sp³-hybridized carbons (Fsp3) is 0.500. The molecule has 0 atom stereocenters. The monoisotopic (exact) mass is 180 g/mol. The number of nitrogens with zero attached hydrogens (tertiary/aromatic N) is 1. The molecule has 0 aromatic carbocycles. The van der Waals surface area contributed by atoms with Gasteiger partial charge in [-0.25, -0.2) is 0 Å². The highest BCUT2D eigenvalue weighted by Gasteiger charge is 2.06. The molecule has 0 aliphatic heterocycles. The van der Waals surface area contributed by atoms with Gasteiger partial charge in [-0.15, -0.1) is 0 Å². The smallest absolute Gasteiger partial charge is 0.222 e. The zero-order valence-electron chi connectivity index (χ0n) is 8.37. The molecule has 0 aliphatic rings. The largest absolute Gasteiger partial charge is 0.353 e. The highest BCUT2D eigenvalue weighted by Crippen LogP contribution is 1.99. The molecule has 0 unspecified atom stereocenters. The van der Waals surface area contributed by atoms with Gasteiger partial charge in [-0.05, 0) is 12.1 Å². The van der Waals surface area contributed by atoms with Crippen molar-refractivity contribution < 1.29 is 4.79 Å². The van der Waals surface area contributed by atoms with Crippen LogP contribution in [-0.4, -0.2) is 10.5 Å². The fourth-order valence-electron chi connectivity index (χ4n) is 1.06. The van der Waals surface area contributed by atoms with Crippen molar-refractivity contribution in [2.75, 3.05) is 0 Å². The summed E-state index contributed by atoms with van der Waals surface area (Å²) in [5.41, 5.74) is 1.12. The van der Waals surface area contributed by atoms with E-state index in [1.54, 1.807) is 0 Å². The van der Waals surface area contributed by atoms with Gasteiger partial charge in [0.15, 0.2) is 0 Å². The van der Waals surface area contributed by atoms with Crippen LogP contribution in [0.5, 0.6) is 0 Å². The molecular formula is C10H16N2O. The van der Waals surface area contributed by atoms with Gasteiger partial charge in [-0.3, -0.25) is 4.79 Å². The summed E-state index contributed by atoms with van der Waals surface area (Å²) in [5, 5.41) is 2.87. The predicted molar refractivity (Wildman–Crippen MR) is 52.1 cm³/mol. The molecule has 1 rings (SSSR count). The maximum Gasteiger partial charge on any atom is 0.222 e. The van der Waals surface area contributed by atoms with Gasteiger partial charge < -0.3 is 9.88 Å². The molecular weight excluding hydrogens is 164 g/mol. The van der Waals surface area contributed by atoms with Gasteiger partial charge >= 0.3 is 0 Å². The third kappa shape index (κ3) is 2.61. The second-order valence-electron chi connectivity index (χ2n) is 3.48. The lowest BCUT2D eigenvalue weighted by Gasteiger charge is -2.07. The first kappa shape index (κ1) is 9.84. The van der Waals surface area contributed by atoms with E-state index in [4.69, 9.17) is 0 Å². The summed E-state index contributed by atoms with van der Waals surface area (Å²) in [5.74, 6) is 0.154. The van der Waals surface area contributed by atoms with Gasteiger partial charge in [-0.1, -0.05) is 13.8 Å². The van der Waals surface area contributed by atoms with E-state index in [-0.39, 0.29) is 11.8 Å². The van der Waals surface area contributed by atoms with Crippen LogP contribution in [-0.2, 0) is 18.4 Å². The third-order valence-corrected chi connectivity index (χ3v) is 2.02. The Balaban J connectivity index is 2.44. The van der Waals surface area contributed by atoms with Crippen LogP contribution in [0.15, 0.2) is 18.3 Å². The van der Waals surface area contributed by atoms with Crippen LogP contribution in [0.3, 0.4) is 0 Å². The molecule has 1 aromatic rings. The topological polar surface area (TPSA) is 34.0 Å². The summed E-state index contributed by atoms with van der Waals surface area (Å²) in [6, 6.07) is 3.97. The highest BCUT2D eigenvalue weighted by atomic mass is 16.1. The summed E-state index contributed by atoms with van der Waals surface area (Å²) in [6.45, 7) is 4.39. The van der Waals surface area contributed by atoms with Gasteiger partial charge in [0.2, 0.25) is 5.91 Å². The SMILES string of the molecule is CC(C)C(=O)NCc1cccn1C. The minimum Gasteiger partial charge on any atom is -0.353 e. The van der Waals surface area contributed by atoms with Gasteiger partial charge in [0.05, 0.1) is 6.54 Å². The van der Waals surface area contributed by atoms with Crippen molar-refractivity contribution in [2.45, 2.75) is 20.4 Å². The zero-order chi connectivity index (χ0) is 9.84. The number of carbonyl (C=O) groups is 1. The van der Waals surface area contributed by atoms with E-state index in [1.165, 1.54) is 0 Å². The Morgan fingerprint density at radius 2 is 2.31 bits per heavy atom. The summed E-state index contributed by atoms with van der Waals surface area (Å²) in [4.78, 5) is 11.2. The first-order valence-corrected chi connectivity index (χ1v) is 4.49. The van der Waals surface area contributed by atoms with Crippen LogP contribution in [0.25, 0.3) is 0 Å². The molecule has 1 N–H and O–H groups in total. The van der Waals surface area contributed by atoms with Crippen molar-refractivity contribution in [1.82, 2.24) is 9.88 Å². The maximum atomic E-state index is 11.2. The van der Waals surface area contributed by atoms with Crippen molar-refractivity contribution in [2.24, 2.45) is 13.0 Å². The molecule has 0 saturated carbocycles. The summed E-state index contributed by atoms with van der Waals surface area (Å²) < 4.78 is 2.00. The average molecular weight is 180 g/mol. The Labute approximate surface area is 78.8 Å². The first-order valence-electron chi connectivity index (χ1n) is 4.49. The Morgan fingerprint density at radius 3 is 2.77 bits per heavy atom. The predicted octanol–water partition coefficient (Wildman–Crippen LogP) is 1.30. The quantitative estimate of drug-likeness (QED) is 0.747. The number of aromatic nitrogens is 1. The number of nitrogens with one attached hydrogen (secondary N) is 1. The van der Waals surface area contributed by atoms with Crippen LogP contribution in [0.4, 0.5) is 0 Å². The second kappa shape index (κ2) is 4.12.